The molecule has 1 fully saturated rings. The van der Waals surface area contributed by atoms with Gasteiger partial charge in [-0.3, -0.25) is 9.69 Å². The van der Waals surface area contributed by atoms with E-state index in [1.165, 1.54) is 5.56 Å². The molecule has 4 nitrogen and oxygen atoms in total. The van der Waals surface area contributed by atoms with Crippen LogP contribution in [0.2, 0.25) is 0 Å². The molecule has 0 aliphatic carbocycles. The van der Waals surface area contributed by atoms with E-state index in [1.807, 2.05) is 12.1 Å². The third-order valence-corrected chi connectivity index (χ3v) is 2.91. The minimum absolute atomic E-state index is 0.286. The van der Waals surface area contributed by atoms with E-state index in [-0.39, 0.29) is 5.91 Å². The van der Waals surface area contributed by atoms with Crippen molar-refractivity contribution in [1.29, 1.82) is 0 Å². The average molecular weight is 234 g/mol. The molecular formula is C13H18N2O2. The van der Waals surface area contributed by atoms with E-state index in [1.54, 1.807) is 0 Å². The molecule has 1 heterocycles. The van der Waals surface area contributed by atoms with E-state index >= 15 is 0 Å². The second kappa shape index (κ2) is 5.80. The first-order valence-electron chi connectivity index (χ1n) is 5.90. The maximum Gasteiger partial charge on any atom is 0.221 e. The molecule has 0 aromatic heterocycles. The van der Waals surface area contributed by atoms with E-state index in [0.717, 1.165) is 38.4 Å². The molecule has 1 aliphatic rings. The van der Waals surface area contributed by atoms with Gasteiger partial charge in [0.1, 0.15) is 0 Å². The predicted molar refractivity (Wildman–Crippen MR) is 65.4 cm³/mol. The lowest BCUT2D eigenvalue weighted by Crippen LogP contribution is -2.35. The highest BCUT2D eigenvalue weighted by molar-refractivity contribution is 5.76. The van der Waals surface area contributed by atoms with E-state index in [4.69, 9.17) is 10.5 Å². The Labute approximate surface area is 101 Å². The molecule has 0 saturated carbocycles. The largest absolute Gasteiger partial charge is 0.379 e. The van der Waals surface area contributed by atoms with E-state index < -0.39 is 0 Å². The molecule has 92 valence electrons. The summed E-state index contributed by atoms with van der Waals surface area (Å²) in [5, 5.41) is 0. The van der Waals surface area contributed by atoms with E-state index in [0.29, 0.717) is 6.42 Å². The van der Waals surface area contributed by atoms with Crippen LogP contribution in [0.15, 0.2) is 24.3 Å². The van der Waals surface area contributed by atoms with Crippen molar-refractivity contribution < 1.29 is 9.53 Å². The summed E-state index contributed by atoms with van der Waals surface area (Å²) >= 11 is 0. The number of hydrogen-bond acceptors (Lipinski definition) is 3. The van der Waals surface area contributed by atoms with Gasteiger partial charge in [0.15, 0.2) is 0 Å². The Kier molecular flexibility index (Phi) is 4.12. The highest BCUT2D eigenvalue weighted by atomic mass is 16.5. The van der Waals surface area contributed by atoms with Gasteiger partial charge in [0, 0.05) is 19.6 Å². The lowest BCUT2D eigenvalue weighted by molar-refractivity contribution is -0.117. The van der Waals surface area contributed by atoms with Crippen LogP contribution in [0.1, 0.15) is 11.1 Å². The first-order chi connectivity index (χ1) is 8.24. The van der Waals surface area contributed by atoms with Gasteiger partial charge in [-0.15, -0.1) is 0 Å². The number of primary amides is 1. The van der Waals surface area contributed by atoms with Crippen molar-refractivity contribution >= 4 is 5.91 Å². The Bertz CT molecular complexity index is 370. The van der Waals surface area contributed by atoms with Gasteiger partial charge in [0.2, 0.25) is 5.91 Å². The second-order valence-electron chi connectivity index (χ2n) is 4.35. The topological polar surface area (TPSA) is 55.6 Å². The Morgan fingerprint density at radius 3 is 2.35 bits per heavy atom. The SMILES string of the molecule is NC(=O)Cc1ccc(CN2CCOCC2)cc1. The number of morpholine rings is 1. The highest BCUT2D eigenvalue weighted by Gasteiger charge is 2.10. The standard InChI is InChI=1S/C13H18N2O2/c14-13(16)9-11-1-3-12(4-2-11)10-15-5-7-17-8-6-15/h1-4H,5-10H2,(H2,14,16). The Morgan fingerprint density at radius 2 is 1.76 bits per heavy atom. The summed E-state index contributed by atoms with van der Waals surface area (Å²) in [5.74, 6) is -0.286. The van der Waals surface area contributed by atoms with Crippen LogP contribution in [0, 0.1) is 0 Å². The van der Waals surface area contributed by atoms with Crippen molar-refractivity contribution in [3.8, 4) is 0 Å². The van der Waals surface area contributed by atoms with Crippen LogP contribution >= 0.6 is 0 Å². The van der Waals surface area contributed by atoms with Crippen molar-refractivity contribution in [1.82, 2.24) is 4.90 Å². The fourth-order valence-corrected chi connectivity index (χ4v) is 1.98. The zero-order chi connectivity index (χ0) is 12.1. The molecule has 1 aromatic carbocycles. The Balaban J connectivity index is 1.90. The van der Waals surface area contributed by atoms with Crippen molar-refractivity contribution in [3.63, 3.8) is 0 Å². The molecule has 0 radical (unpaired) electrons. The average Bonchev–Trinajstić information content (AvgIpc) is 2.32. The molecule has 1 aliphatic heterocycles. The third-order valence-electron chi connectivity index (χ3n) is 2.91. The van der Waals surface area contributed by atoms with Crippen molar-refractivity contribution in [2.45, 2.75) is 13.0 Å². The lowest BCUT2D eigenvalue weighted by Gasteiger charge is -2.26. The summed E-state index contributed by atoms with van der Waals surface area (Å²) in [6.45, 7) is 4.56. The van der Waals surface area contributed by atoms with Crippen LogP contribution < -0.4 is 5.73 Å². The predicted octanol–water partition coefficient (Wildman–Crippen LogP) is 0.547. The molecule has 0 bridgehead atoms. The van der Waals surface area contributed by atoms with Crippen LogP contribution in [0.5, 0.6) is 0 Å². The summed E-state index contributed by atoms with van der Waals surface area (Å²) in [6, 6.07) is 8.07. The lowest BCUT2D eigenvalue weighted by atomic mass is 10.1. The number of ether oxygens (including phenoxy) is 1. The summed E-state index contributed by atoms with van der Waals surface area (Å²) in [4.78, 5) is 13.1. The van der Waals surface area contributed by atoms with Crippen LogP contribution in [-0.4, -0.2) is 37.1 Å². The van der Waals surface area contributed by atoms with Gasteiger partial charge in [-0.05, 0) is 11.1 Å². The molecule has 1 saturated heterocycles. The van der Waals surface area contributed by atoms with Gasteiger partial charge in [0.05, 0.1) is 19.6 Å². The van der Waals surface area contributed by atoms with E-state index in [2.05, 4.69) is 17.0 Å². The molecule has 4 heteroatoms. The molecule has 2 rings (SSSR count). The van der Waals surface area contributed by atoms with Crippen molar-refractivity contribution in [3.05, 3.63) is 35.4 Å². The summed E-state index contributed by atoms with van der Waals surface area (Å²) in [6.07, 6.45) is 0.317. The van der Waals surface area contributed by atoms with Crippen LogP contribution in [0.3, 0.4) is 0 Å². The zero-order valence-electron chi connectivity index (χ0n) is 9.89. The van der Waals surface area contributed by atoms with Gasteiger partial charge in [-0.2, -0.15) is 0 Å². The Hall–Kier alpha value is -1.39. The highest BCUT2D eigenvalue weighted by Crippen LogP contribution is 2.09. The van der Waals surface area contributed by atoms with Crippen molar-refractivity contribution in [2.75, 3.05) is 26.3 Å². The maximum absolute atomic E-state index is 10.8. The molecule has 1 amide bonds. The minimum atomic E-state index is -0.286. The zero-order valence-corrected chi connectivity index (χ0v) is 9.89. The summed E-state index contributed by atoms with van der Waals surface area (Å²) in [5.41, 5.74) is 7.39. The van der Waals surface area contributed by atoms with Gasteiger partial charge < -0.3 is 10.5 Å². The van der Waals surface area contributed by atoms with Crippen LogP contribution in [0.25, 0.3) is 0 Å². The van der Waals surface area contributed by atoms with Gasteiger partial charge in [-0.25, -0.2) is 0 Å². The molecule has 2 N–H and O–H groups in total. The minimum Gasteiger partial charge on any atom is -0.379 e. The molecule has 0 spiro atoms. The number of rotatable bonds is 4. The quantitative estimate of drug-likeness (QED) is 0.827. The van der Waals surface area contributed by atoms with Gasteiger partial charge >= 0.3 is 0 Å². The number of carbonyl (C=O) groups is 1. The number of carbonyl (C=O) groups excluding carboxylic acids is 1. The Morgan fingerprint density at radius 1 is 1.18 bits per heavy atom. The van der Waals surface area contributed by atoms with Crippen LogP contribution in [0.4, 0.5) is 0 Å². The molecule has 1 aromatic rings. The summed E-state index contributed by atoms with van der Waals surface area (Å²) < 4.78 is 5.31. The fourth-order valence-electron chi connectivity index (χ4n) is 1.98. The van der Waals surface area contributed by atoms with E-state index in [9.17, 15) is 4.79 Å². The molecule has 0 unspecified atom stereocenters. The van der Waals surface area contributed by atoms with Crippen molar-refractivity contribution in [2.24, 2.45) is 5.73 Å². The fraction of sp³-hybridized carbons (Fsp3) is 0.462. The normalized spacial score (nSPS) is 16.9. The summed E-state index contributed by atoms with van der Waals surface area (Å²) in [7, 11) is 0. The van der Waals surface area contributed by atoms with Gasteiger partial charge in [-0.1, -0.05) is 24.3 Å². The first kappa shape index (κ1) is 12.1. The smallest absolute Gasteiger partial charge is 0.221 e. The molecule has 0 atom stereocenters. The maximum atomic E-state index is 10.8. The number of amides is 1. The number of hydrogen-bond donors (Lipinski definition) is 1. The number of benzene rings is 1. The first-order valence-corrected chi connectivity index (χ1v) is 5.90. The molecular weight excluding hydrogens is 216 g/mol. The van der Waals surface area contributed by atoms with Crippen LogP contribution in [-0.2, 0) is 22.5 Å². The number of nitrogens with two attached hydrogens (primary N) is 1. The molecule has 17 heavy (non-hydrogen) atoms. The second-order valence-corrected chi connectivity index (χ2v) is 4.35. The van der Waals surface area contributed by atoms with Gasteiger partial charge in [0.25, 0.3) is 0 Å². The monoisotopic (exact) mass is 234 g/mol. The third kappa shape index (κ3) is 3.84. The number of nitrogens with zero attached hydrogens (tertiary/aromatic N) is 1.